The topological polar surface area (TPSA) is 70.6 Å². The quantitative estimate of drug-likeness (QED) is 0.406. The van der Waals surface area contributed by atoms with Crippen LogP contribution >= 0.6 is 22.9 Å². The molecular weight excluding hydrogens is 466 g/mol. The summed E-state index contributed by atoms with van der Waals surface area (Å²) in [5.41, 5.74) is 1.69. The van der Waals surface area contributed by atoms with E-state index in [2.05, 4.69) is 4.90 Å². The third-order valence-electron chi connectivity index (χ3n) is 5.16. The zero-order valence-corrected chi connectivity index (χ0v) is 20.9. The van der Waals surface area contributed by atoms with Crippen LogP contribution < -0.4 is 4.90 Å². The summed E-state index contributed by atoms with van der Waals surface area (Å²) in [5, 5.41) is 1.27. The number of aromatic nitrogens is 1. The maximum absolute atomic E-state index is 13.1. The van der Waals surface area contributed by atoms with E-state index in [0.29, 0.717) is 16.7 Å². The summed E-state index contributed by atoms with van der Waals surface area (Å²) < 4.78 is 26.0. The van der Waals surface area contributed by atoms with Gasteiger partial charge in [-0.3, -0.25) is 9.69 Å². The molecule has 9 heteroatoms. The molecule has 1 aromatic heterocycles. The predicted molar refractivity (Wildman–Crippen MR) is 133 cm³/mol. The number of nitrogens with zero attached hydrogens (tertiary/aromatic N) is 3. The highest BCUT2D eigenvalue weighted by Gasteiger charge is 2.22. The standard InChI is InChI=1S/C23H28ClN3O3S2/c1-17-19(24)12-13-20-22(17)25-23(31-20)27(15-8-14-26(2)3)21(28)11-7-16-32(29,30)18-9-5-4-6-10-18/h4-6,9-10,12-13H,7-8,11,14-16H2,1-3H3. The second kappa shape index (κ2) is 10.7. The number of hydrogen-bond acceptors (Lipinski definition) is 6. The van der Waals surface area contributed by atoms with Crippen molar-refractivity contribution in [2.24, 2.45) is 0 Å². The highest BCUT2D eigenvalue weighted by atomic mass is 35.5. The van der Waals surface area contributed by atoms with Crippen LogP contribution in [0.3, 0.4) is 0 Å². The van der Waals surface area contributed by atoms with Crippen molar-refractivity contribution in [1.29, 1.82) is 0 Å². The Kier molecular flexibility index (Phi) is 8.27. The molecule has 0 aliphatic heterocycles. The number of rotatable bonds is 10. The number of carbonyl (C=O) groups is 1. The fourth-order valence-corrected chi connectivity index (χ4v) is 5.92. The molecule has 0 saturated carbocycles. The number of aryl methyl sites for hydroxylation is 1. The van der Waals surface area contributed by atoms with Crippen LogP contribution in [0.2, 0.25) is 5.02 Å². The molecule has 172 valence electrons. The summed E-state index contributed by atoms with van der Waals surface area (Å²) in [5.74, 6) is -0.183. The first-order chi connectivity index (χ1) is 15.2. The molecule has 1 heterocycles. The van der Waals surface area contributed by atoms with Crippen molar-refractivity contribution in [1.82, 2.24) is 9.88 Å². The van der Waals surface area contributed by atoms with Crippen molar-refractivity contribution >= 4 is 54.0 Å². The highest BCUT2D eigenvalue weighted by molar-refractivity contribution is 7.91. The van der Waals surface area contributed by atoms with Gasteiger partial charge in [-0.05, 0) is 70.2 Å². The monoisotopic (exact) mass is 493 g/mol. The summed E-state index contributed by atoms with van der Waals surface area (Å²) >= 11 is 7.70. The van der Waals surface area contributed by atoms with Crippen molar-refractivity contribution in [3.05, 3.63) is 53.1 Å². The second-order valence-electron chi connectivity index (χ2n) is 7.95. The fraction of sp³-hybridized carbons (Fsp3) is 0.391. The lowest BCUT2D eigenvalue weighted by Crippen LogP contribution is -2.33. The number of sulfone groups is 1. The predicted octanol–water partition coefficient (Wildman–Crippen LogP) is 4.80. The smallest absolute Gasteiger partial charge is 0.228 e. The van der Waals surface area contributed by atoms with Crippen LogP contribution in [0.4, 0.5) is 5.13 Å². The minimum Gasteiger partial charge on any atom is -0.309 e. The van der Waals surface area contributed by atoms with Gasteiger partial charge < -0.3 is 4.90 Å². The summed E-state index contributed by atoms with van der Waals surface area (Å²) in [4.78, 5) is 21.9. The lowest BCUT2D eigenvalue weighted by molar-refractivity contribution is -0.118. The van der Waals surface area contributed by atoms with E-state index in [0.717, 1.165) is 28.7 Å². The Labute approximate surface area is 198 Å². The van der Waals surface area contributed by atoms with E-state index in [4.69, 9.17) is 16.6 Å². The summed E-state index contributed by atoms with van der Waals surface area (Å²) in [6, 6.07) is 12.1. The number of anilines is 1. The third kappa shape index (κ3) is 6.07. The number of benzene rings is 2. The van der Waals surface area contributed by atoms with Crippen LogP contribution in [0.15, 0.2) is 47.4 Å². The maximum atomic E-state index is 13.1. The Hall–Kier alpha value is -2.00. The van der Waals surface area contributed by atoms with Gasteiger partial charge in [0.25, 0.3) is 0 Å². The first kappa shape index (κ1) is 24.6. The van der Waals surface area contributed by atoms with Crippen molar-refractivity contribution < 1.29 is 13.2 Å². The first-order valence-corrected chi connectivity index (χ1v) is 13.3. The fourth-order valence-electron chi connectivity index (χ4n) is 3.37. The van der Waals surface area contributed by atoms with E-state index >= 15 is 0 Å². The number of fused-ring (bicyclic) bond motifs is 1. The van der Waals surface area contributed by atoms with E-state index in [9.17, 15) is 13.2 Å². The van der Waals surface area contributed by atoms with Crippen LogP contribution in [-0.2, 0) is 14.6 Å². The average molecular weight is 494 g/mol. The number of halogens is 1. The van der Waals surface area contributed by atoms with Gasteiger partial charge in [0, 0.05) is 18.0 Å². The Bertz CT molecular complexity index is 1180. The van der Waals surface area contributed by atoms with Crippen molar-refractivity contribution in [3.63, 3.8) is 0 Å². The van der Waals surface area contributed by atoms with Gasteiger partial charge in [0.15, 0.2) is 15.0 Å². The normalized spacial score (nSPS) is 11.9. The van der Waals surface area contributed by atoms with E-state index in [1.54, 1.807) is 35.2 Å². The molecule has 3 aromatic rings. The minimum atomic E-state index is -3.41. The van der Waals surface area contributed by atoms with Gasteiger partial charge in [0.1, 0.15) is 0 Å². The van der Waals surface area contributed by atoms with Gasteiger partial charge in [-0.2, -0.15) is 0 Å². The minimum absolute atomic E-state index is 0.0666. The molecule has 0 aliphatic carbocycles. The lowest BCUT2D eigenvalue weighted by atomic mass is 10.2. The first-order valence-electron chi connectivity index (χ1n) is 10.5. The largest absolute Gasteiger partial charge is 0.309 e. The average Bonchev–Trinajstić information content (AvgIpc) is 3.19. The molecule has 0 saturated heterocycles. The van der Waals surface area contributed by atoms with Gasteiger partial charge in [-0.15, -0.1) is 0 Å². The van der Waals surface area contributed by atoms with Gasteiger partial charge in [-0.1, -0.05) is 41.1 Å². The molecule has 0 N–H and O–H groups in total. The number of carbonyl (C=O) groups excluding carboxylic acids is 1. The van der Waals surface area contributed by atoms with Gasteiger partial charge in [0.05, 0.1) is 20.9 Å². The summed E-state index contributed by atoms with van der Waals surface area (Å²) in [7, 11) is 0.569. The van der Waals surface area contributed by atoms with Gasteiger partial charge in [-0.25, -0.2) is 13.4 Å². The number of thiazole rings is 1. The number of hydrogen-bond donors (Lipinski definition) is 0. The molecule has 0 fully saturated rings. The lowest BCUT2D eigenvalue weighted by Gasteiger charge is -2.21. The van der Waals surface area contributed by atoms with E-state index in [1.165, 1.54) is 11.3 Å². The maximum Gasteiger partial charge on any atom is 0.228 e. The molecule has 0 radical (unpaired) electrons. The Balaban J connectivity index is 1.75. The van der Waals surface area contributed by atoms with Crippen molar-refractivity contribution in [2.75, 3.05) is 37.8 Å². The zero-order chi connectivity index (χ0) is 23.3. The van der Waals surface area contributed by atoms with E-state index in [1.807, 2.05) is 33.2 Å². The highest BCUT2D eigenvalue weighted by Crippen LogP contribution is 2.34. The van der Waals surface area contributed by atoms with Gasteiger partial charge >= 0.3 is 0 Å². The van der Waals surface area contributed by atoms with E-state index in [-0.39, 0.29) is 29.4 Å². The molecule has 1 amide bonds. The van der Waals surface area contributed by atoms with Crippen LogP contribution in [0.25, 0.3) is 10.2 Å². The molecule has 3 rings (SSSR count). The third-order valence-corrected chi connectivity index (χ3v) is 8.43. The van der Waals surface area contributed by atoms with Crippen LogP contribution in [-0.4, -0.2) is 57.1 Å². The van der Waals surface area contributed by atoms with Gasteiger partial charge in [0.2, 0.25) is 5.91 Å². The second-order valence-corrected chi connectivity index (χ2v) is 11.5. The molecule has 0 spiro atoms. The summed E-state index contributed by atoms with van der Waals surface area (Å²) in [6.07, 6.45) is 1.19. The van der Waals surface area contributed by atoms with Crippen molar-refractivity contribution in [2.45, 2.75) is 31.1 Å². The molecule has 0 bridgehead atoms. The SMILES string of the molecule is Cc1c(Cl)ccc2sc(N(CCCN(C)C)C(=O)CCCS(=O)(=O)c3ccccc3)nc12. The van der Waals surface area contributed by atoms with E-state index < -0.39 is 9.84 Å². The molecule has 32 heavy (non-hydrogen) atoms. The van der Waals surface area contributed by atoms with Crippen LogP contribution in [0.5, 0.6) is 0 Å². The molecule has 6 nitrogen and oxygen atoms in total. The number of amides is 1. The molecule has 0 aliphatic rings. The van der Waals surface area contributed by atoms with Crippen LogP contribution in [0.1, 0.15) is 24.8 Å². The van der Waals surface area contributed by atoms with Crippen LogP contribution in [0, 0.1) is 6.92 Å². The molecule has 0 unspecified atom stereocenters. The molecule has 2 aromatic carbocycles. The zero-order valence-electron chi connectivity index (χ0n) is 18.5. The molecular formula is C23H28ClN3O3S2. The molecule has 0 atom stereocenters. The Morgan fingerprint density at radius 1 is 1.06 bits per heavy atom. The Morgan fingerprint density at radius 3 is 2.47 bits per heavy atom. The van der Waals surface area contributed by atoms with Crippen molar-refractivity contribution in [3.8, 4) is 0 Å². The summed E-state index contributed by atoms with van der Waals surface area (Å²) in [6.45, 7) is 3.28. The Morgan fingerprint density at radius 2 is 1.78 bits per heavy atom.